The zero-order valence-corrected chi connectivity index (χ0v) is 13.8. The van der Waals surface area contributed by atoms with Crippen molar-refractivity contribution in [2.75, 3.05) is 0 Å². The van der Waals surface area contributed by atoms with Crippen LogP contribution in [0.1, 0.15) is 35.8 Å². The molecule has 0 spiro atoms. The summed E-state index contributed by atoms with van der Waals surface area (Å²) in [6.07, 6.45) is 5.75. The van der Waals surface area contributed by atoms with Crippen molar-refractivity contribution in [3.05, 3.63) is 58.1 Å². The molecule has 2 N–H and O–H groups in total. The fourth-order valence-corrected chi connectivity index (χ4v) is 3.17. The Hall–Kier alpha value is -2.93. The number of nitriles is 1. The molecule has 4 nitrogen and oxygen atoms in total. The van der Waals surface area contributed by atoms with E-state index < -0.39 is 0 Å². The number of allylic oxidation sites excluding steroid dienone is 2. The summed E-state index contributed by atoms with van der Waals surface area (Å²) in [6, 6.07) is 7.32. The molecular formula is C20H19NO3. The Balaban J connectivity index is 2.13. The minimum atomic E-state index is 0.0379. The van der Waals surface area contributed by atoms with Crippen molar-refractivity contribution in [3.63, 3.8) is 0 Å². The Labute approximate surface area is 141 Å². The van der Waals surface area contributed by atoms with Crippen LogP contribution in [-0.2, 0) is 12.8 Å². The minimum absolute atomic E-state index is 0.0379. The van der Waals surface area contributed by atoms with Crippen LogP contribution >= 0.6 is 0 Å². The Bertz CT molecular complexity index is 894. The van der Waals surface area contributed by atoms with E-state index in [-0.39, 0.29) is 11.5 Å². The fraction of sp³-hybridized carbons (Fsp3) is 0.250. The highest BCUT2D eigenvalue weighted by atomic mass is 16.3. The number of aliphatic hydroxyl groups is 1. The summed E-state index contributed by atoms with van der Waals surface area (Å²) in [4.78, 5) is 0. The second-order valence-corrected chi connectivity index (χ2v) is 6.08. The third kappa shape index (κ3) is 2.93. The van der Waals surface area contributed by atoms with Crippen molar-refractivity contribution in [3.8, 4) is 23.1 Å². The van der Waals surface area contributed by atoms with E-state index in [1.54, 1.807) is 25.1 Å². The molecule has 1 aromatic carbocycles. The van der Waals surface area contributed by atoms with Gasteiger partial charge in [0, 0.05) is 22.3 Å². The molecule has 0 radical (unpaired) electrons. The molecule has 24 heavy (non-hydrogen) atoms. The standard InChI is InChI=1S/C20H19NO3/c1-12(11-21)8-16(23)10-19-13(2)24-20-17-7-6-15(22)9-14(17)4-3-5-18(19)20/h6-10,22-23H,3-5H2,1-2H3/b12-8+,16-10+. The van der Waals surface area contributed by atoms with Crippen LogP contribution in [0.3, 0.4) is 0 Å². The number of phenols is 1. The maximum Gasteiger partial charge on any atom is 0.138 e. The molecule has 1 aromatic heterocycles. The van der Waals surface area contributed by atoms with E-state index in [1.165, 1.54) is 6.08 Å². The van der Waals surface area contributed by atoms with Gasteiger partial charge in [0.15, 0.2) is 0 Å². The Morgan fingerprint density at radius 3 is 2.88 bits per heavy atom. The normalized spacial score (nSPS) is 14.5. The highest BCUT2D eigenvalue weighted by molar-refractivity contribution is 5.74. The molecule has 0 amide bonds. The molecule has 1 aliphatic rings. The fourth-order valence-electron chi connectivity index (χ4n) is 3.17. The van der Waals surface area contributed by atoms with Gasteiger partial charge in [0.25, 0.3) is 0 Å². The maximum atomic E-state index is 10.1. The van der Waals surface area contributed by atoms with Gasteiger partial charge in [-0.25, -0.2) is 0 Å². The molecule has 0 unspecified atom stereocenters. The lowest BCUT2D eigenvalue weighted by atomic mass is 10.0. The zero-order valence-electron chi connectivity index (χ0n) is 13.8. The van der Waals surface area contributed by atoms with Gasteiger partial charge in [-0.15, -0.1) is 0 Å². The van der Waals surface area contributed by atoms with E-state index >= 15 is 0 Å². The van der Waals surface area contributed by atoms with Crippen molar-refractivity contribution in [2.24, 2.45) is 0 Å². The molecule has 3 rings (SSSR count). The van der Waals surface area contributed by atoms with Crippen LogP contribution in [0.4, 0.5) is 0 Å². The van der Waals surface area contributed by atoms with Crippen molar-refractivity contribution in [1.82, 2.24) is 0 Å². The van der Waals surface area contributed by atoms with Crippen LogP contribution in [0.25, 0.3) is 17.4 Å². The quantitative estimate of drug-likeness (QED) is 0.472. The molecule has 0 atom stereocenters. The lowest BCUT2D eigenvalue weighted by Crippen LogP contribution is -1.89. The molecule has 0 fully saturated rings. The Morgan fingerprint density at radius 2 is 2.12 bits per heavy atom. The number of benzene rings is 1. The van der Waals surface area contributed by atoms with Crippen LogP contribution in [0.5, 0.6) is 5.75 Å². The van der Waals surface area contributed by atoms with Crippen molar-refractivity contribution < 1.29 is 14.6 Å². The summed E-state index contributed by atoms with van der Waals surface area (Å²) >= 11 is 0. The van der Waals surface area contributed by atoms with E-state index in [2.05, 4.69) is 0 Å². The summed E-state index contributed by atoms with van der Waals surface area (Å²) in [5.41, 5.74) is 4.43. The highest BCUT2D eigenvalue weighted by Crippen LogP contribution is 2.39. The Kier molecular flexibility index (Phi) is 4.18. The van der Waals surface area contributed by atoms with Gasteiger partial charge in [0.1, 0.15) is 23.0 Å². The topological polar surface area (TPSA) is 77.4 Å². The molecule has 0 bridgehead atoms. The number of aliphatic hydroxyl groups excluding tert-OH is 1. The minimum Gasteiger partial charge on any atom is -0.508 e. The molecule has 4 heteroatoms. The van der Waals surface area contributed by atoms with Gasteiger partial charge in [-0.2, -0.15) is 5.26 Å². The van der Waals surface area contributed by atoms with Crippen LogP contribution in [-0.4, -0.2) is 10.2 Å². The number of nitrogens with zero attached hydrogens (tertiary/aromatic N) is 1. The molecule has 0 saturated heterocycles. The number of hydrogen-bond donors (Lipinski definition) is 2. The van der Waals surface area contributed by atoms with Gasteiger partial charge < -0.3 is 14.6 Å². The lowest BCUT2D eigenvalue weighted by Gasteiger charge is -2.05. The SMILES string of the molecule is C/C(C#N)=C\C(O)=C/c1c(C)oc2c1CCCc1cc(O)ccc1-2. The van der Waals surface area contributed by atoms with Gasteiger partial charge in [-0.05, 0) is 69.0 Å². The molecule has 1 aliphatic carbocycles. The smallest absolute Gasteiger partial charge is 0.138 e. The number of phenolic OH excluding ortho intramolecular Hbond substituents is 1. The lowest BCUT2D eigenvalue weighted by molar-refractivity contribution is 0.437. The number of furan rings is 1. The van der Waals surface area contributed by atoms with Gasteiger partial charge in [0.05, 0.1) is 6.07 Å². The third-order valence-corrected chi connectivity index (χ3v) is 4.27. The summed E-state index contributed by atoms with van der Waals surface area (Å²) in [5.74, 6) is 1.84. The molecule has 1 heterocycles. The predicted octanol–water partition coefficient (Wildman–Crippen LogP) is 4.82. The van der Waals surface area contributed by atoms with Crippen LogP contribution in [0.2, 0.25) is 0 Å². The Morgan fingerprint density at radius 1 is 1.33 bits per heavy atom. The average Bonchev–Trinajstić information content (AvgIpc) is 2.74. The first-order valence-electron chi connectivity index (χ1n) is 7.93. The van der Waals surface area contributed by atoms with E-state index in [4.69, 9.17) is 9.68 Å². The third-order valence-electron chi connectivity index (χ3n) is 4.27. The van der Waals surface area contributed by atoms with Crippen molar-refractivity contribution >= 4 is 6.08 Å². The molecule has 122 valence electrons. The second-order valence-electron chi connectivity index (χ2n) is 6.08. The van der Waals surface area contributed by atoms with Crippen LogP contribution < -0.4 is 0 Å². The second kappa shape index (κ2) is 6.29. The first-order chi connectivity index (χ1) is 11.5. The summed E-state index contributed by atoms with van der Waals surface area (Å²) < 4.78 is 5.99. The number of fused-ring (bicyclic) bond motifs is 3. The van der Waals surface area contributed by atoms with E-state index in [1.807, 2.05) is 19.1 Å². The predicted molar refractivity (Wildman–Crippen MR) is 92.5 cm³/mol. The molecular weight excluding hydrogens is 302 g/mol. The highest BCUT2D eigenvalue weighted by Gasteiger charge is 2.23. The number of hydrogen-bond acceptors (Lipinski definition) is 4. The van der Waals surface area contributed by atoms with E-state index in [0.29, 0.717) is 5.57 Å². The zero-order chi connectivity index (χ0) is 17.3. The van der Waals surface area contributed by atoms with Gasteiger partial charge >= 0.3 is 0 Å². The van der Waals surface area contributed by atoms with Crippen molar-refractivity contribution in [2.45, 2.75) is 33.1 Å². The first kappa shape index (κ1) is 15.9. The van der Waals surface area contributed by atoms with E-state index in [0.717, 1.165) is 53.0 Å². The van der Waals surface area contributed by atoms with Gasteiger partial charge in [-0.3, -0.25) is 0 Å². The van der Waals surface area contributed by atoms with Crippen LogP contribution in [0.15, 0.2) is 40.0 Å². The average molecular weight is 321 g/mol. The monoisotopic (exact) mass is 321 g/mol. The van der Waals surface area contributed by atoms with Gasteiger partial charge in [-0.1, -0.05) is 0 Å². The van der Waals surface area contributed by atoms with E-state index in [9.17, 15) is 10.2 Å². The molecule has 0 saturated carbocycles. The summed E-state index contributed by atoms with van der Waals surface area (Å²) in [5, 5.41) is 28.6. The number of rotatable bonds is 2. The first-order valence-corrected chi connectivity index (χ1v) is 7.93. The summed E-state index contributed by atoms with van der Waals surface area (Å²) in [6.45, 7) is 3.52. The van der Waals surface area contributed by atoms with Gasteiger partial charge in [0.2, 0.25) is 0 Å². The number of aromatic hydroxyl groups is 1. The maximum absolute atomic E-state index is 10.1. The molecule has 2 aromatic rings. The molecule has 0 aliphatic heterocycles. The largest absolute Gasteiger partial charge is 0.508 e. The summed E-state index contributed by atoms with van der Waals surface area (Å²) in [7, 11) is 0. The van der Waals surface area contributed by atoms with Crippen molar-refractivity contribution in [1.29, 1.82) is 5.26 Å². The number of aryl methyl sites for hydroxylation is 2. The van der Waals surface area contributed by atoms with Crippen LogP contribution in [0, 0.1) is 18.3 Å².